The molecular formula is C15H27N3O3. The van der Waals surface area contributed by atoms with Gasteiger partial charge in [0.25, 0.3) is 0 Å². The van der Waals surface area contributed by atoms with E-state index < -0.39 is 0 Å². The Hall–Kier alpha value is -1.40. The van der Waals surface area contributed by atoms with Gasteiger partial charge in [-0.15, -0.1) is 0 Å². The Kier molecular flexibility index (Phi) is 7.39. The van der Waals surface area contributed by atoms with Crippen LogP contribution in [0.3, 0.4) is 0 Å². The third kappa shape index (κ3) is 5.47. The van der Waals surface area contributed by atoms with E-state index in [0.717, 1.165) is 32.8 Å². The molecule has 21 heavy (non-hydrogen) atoms. The first-order valence-electron chi connectivity index (χ1n) is 7.46. The first-order valence-corrected chi connectivity index (χ1v) is 7.46. The summed E-state index contributed by atoms with van der Waals surface area (Å²) in [7, 11) is 1.79. The lowest BCUT2D eigenvalue weighted by Gasteiger charge is -2.34. The molecule has 0 bridgehead atoms. The van der Waals surface area contributed by atoms with Crippen LogP contribution in [-0.4, -0.2) is 85.5 Å². The zero-order valence-corrected chi connectivity index (χ0v) is 13.4. The molecule has 1 saturated heterocycles. The average molecular weight is 297 g/mol. The lowest BCUT2D eigenvalue weighted by atomic mass is 10.2. The van der Waals surface area contributed by atoms with E-state index in [1.54, 1.807) is 11.9 Å². The van der Waals surface area contributed by atoms with E-state index in [9.17, 15) is 9.59 Å². The smallest absolute Gasteiger partial charge is 0.246 e. The van der Waals surface area contributed by atoms with Crippen LogP contribution >= 0.6 is 0 Å². The van der Waals surface area contributed by atoms with Gasteiger partial charge in [-0.2, -0.15) is 0 Å². The number of carbonyl (C=O) groups excluding carboxylic acids is 2. The first kappa shape index (κ1) is 17.7. The van der Waals surface area contributed by atoms with Crippen molar-refractivity contribution in [3.8, 4) is 0 Å². The summed E-state index contributed by atoms with van der Waals surface area (Å²) in [4.78, 5) is 29.4. The largest absolute Gasteiger partial charge is 0.379 e. The van der Waals surface area contributed by atoms with Crippen LogP contribution in [0.1, 0.15) is 13.8 Å². The average Bonchev–Trinajstić information content (AvgIpc) is 2.51. The number of nitrogens with zero attached hydrogens (tertiary/aromatic N) is 3. The molecule has 0 N–H and O–H groups in total. The predicted octanol–water partition coefficient (Wildman–Crippen LogP) is 0.200. The molecule has 6 nitrogen and oxygen atoms in total. The van der Waals surface area contributed by atoms with Gasteiger partial charge in [0.05, 0.1) is 19.8 Å². The van der Waals surface area contributed by atoms with E-state index in [2.05, 4.69) is 11.5 Å². The fraction of sp³-hybridized carbons (Fsp3) is 0.733. The summed E-state index contributed by atoms with van der Waals surface area (Å²) in [5.41, 5.74) is 0. The second kappa shape index (κ2) is 8.79. The topological polar surface area (TPSA) is 53.1 Å². The predicted molar refractivity (Wildman–Crippen MR) is 81.9 cm³/mol. The molecule has 1 aliphatic heterocycles. The molecule has 0 radical (unpaired) electrons. The van der Waals surface area contributed by atoms with Crippen molar-refractivity contribution >= 4 is 11.8 Å². The highest BCUT2D eigenvalue weighted by Crippen LogP contribution is 2.04. The highest BCUT2D eigenvalue weighted by Gasteiger charge is 2.22. The van der Waals surface area contributed by atoms with Crippen LogP contribution in [0.4, 0.5) is 0 Å². The third-order valence-electron chi connectivity index (χ3n) is 3.87. The van der Waals surface area contributed by atoms with Crippen LogP contribution in [0.25, 0.3) is 0 Å². The molecule has 0 aromatic rings. The summed E-state index contributed by atoms with van der Waals surface area (Å²) >= 11 is 0. The summed E-state index contributed by atoms with van der Waals surface area (Å²) in [6.45, 7) is 12.1. The molecule has 1 heterocycles. The van der Waals surface area contributed by atoms with Crippen molar-refractivity contribution in [1.29, 1.82) is 0 Å². The Morgan fingerprint density at radius 3 is 2.52 bits per heavy atom. The minimum Gasteiger partial charge on any atom is -0.379 e. The van der Waals surface area contributed by atoms with Crippen LogP contribution in [0, 0.1) is 0 Å². The van der Waals surface area contributed by atoms with Gasteiger partial charge in [0, 0.05) is 39.3 Å². The van der Waals surface area contributed by atoms with Gasteiger partial charge in [-0.1, -0.05) is 6.58 Å². The molecule has 0 aliphatic carbocycles. The Morgan fingerprint density at radius 2 is 2.00 bits per heavy atom. The van der Waals surface area contributed by atoms with Gasteiger partial charge in [0.2, 0.25) is 11.8 Å². The van der Waals surface area contributed by atoms with Crippen molar-refractivity contribution in [3.05, 3.63) is 12.7 Å². The Bertz CT molecular complexity index is 367. The Balaban J connectivity index is 2.47. The summed E-state index contributed by atoms with van der Waals surface area (Å²) in [6, 6.07) is 0.105. The van der Waals surface area contributed by atoms with E-state index in [-0.39, 0.29) is 24.4 Å². The van der Waals surface area contributed by atoms with Crippen LogP contribution in [0.5, 0.6) is 0 Å². The van der Waals surface area contributed by atoms with Crippen molar-refractivity contribution in [2.45, 2.75) is 19.9 Å². The maximum absolute atomic E-state index is 12.3. The molecule has 2 amide bonds. The molecule has 120 valence electrons. The van der Waals surface area contributed by atoms with E-state index in [0.29, 0.717) is 6.54 Å². The molecule has 1 unspecified atom stereocenters. The summed E-state index contributed by atoms with van der Waals surface area (Å²) in [5, 5.41) is 0. The maximum Gasteiger partial charge on any atom is 0.246 e. The number of rotatable bonds is 7. The van der Waals surface area contributed by atoms with Crippen molar-refractivity contribution in [2.24, 2.45) is 0 Å². The monoisotopic (exact) mass is 297 g/mol. The minimum atomic E-state index is -0.208. The zero-order chi connectivity index (χ0) is 15.8. The van der Waals surface area contributed by atoms with Crippen LogP contribution < -0.4 is 0 Å². The minimum absolute atomic E-state index is 0.0483. The van der Waals surface area contributed by atoms with Gasteiger partial charge in [-0.3, -0.25) is 14.5 Å². The number of amides is 2. The van der Waals surface area contributed by atoms with Gasteiger partial charge < -0.3 is 14.5 Å². The number of ether oxygens (including phenoxy) is 1. The number of carbonyl (C=O) groups is 2. The number of morpholine rings is 1. The maximum atomic E-state index is 12.3. The van der Waals surface area contributed by atoms with E-state index in [1.807, 2.05) is 13.8 Å². The molecule has 0 aromatic carbocycles. The summed E-state index contributed by atoms with van der Waals surface area (Å²) in [5.74, 6) is -0.257. The lowest BCUT2D eigenvalue weighted by molar-refractivity contribution is -0.138. The van der Waals surface area contributed by atoms with E-state index in [4.69, 9.17) is 4.74 Å². The van der Waals surface area contributed by atoms with Gasteiger partial charge >= 0.3 is 0 Å². The molecule has 0 aromatic heterocycles. The van der Waals surface area contributed by atoms with Gasteiger partial charge in [0.1, 0.15) is 0 Å². The lowest BCUT2D eigenvalue weighted by Crippen LogP contribution is -2.49. The van der Waals surface area contributed by atoms with Gasteiger partial charge in [0.15, 0.2) is 0 Å². The van der Waals surface area contributed by atoms with Gasteiger partial charge in [-0.25, -0.2) is 0 Å². The summed E-state index contributed by atoms with van der Waals surface area (Å²) in [6.07, 6.45) is 1.24. The second-order valence-electron chi connectivity index (χ2n) is 5.32. The molecule has 1 aliphatic rings. The fourth-order valence-electron chi connectivity index (χ4n) is 2.28. The summed E-state index contributed by atoms with van der Waals surface area (Å²) < 4.78 is 5.32. The molecule has 1 atom stereocenters. The van der Waals surface area contributed by atoms with E-state index in [1.165, 1.54) is 11.0 Å². The Labute approximate surface area is 127 Å². The third-order valence-corrected chi connectivity index (χ3v) is 3.87. The molecule has 6 heteroatoms. The van der Waals surface area contributed by atoms with Crippen molar-refractivity contribution < 1.29 is 14.3 Å². The second-order valence-corrected chi connectivity index (χ2v) is 5.32. The number of hydrogen-bond acceptors (Lipinski definition) is 4. The molecule has 0 saturated carbocycles. The highest BCUT2D eigenvalue weighted by atomic mass is 16.5. The van der Waals surface area contributed by atoms with Gasteiger partial charge in [-0.05, 0) is 19.9 Å². The molecule has 1 rings (SSSR count). The normalized spacial score (nSPS) is 17.1. The molecular weight excluding hydrogens is 270 g/mol. The molecule has 1 fully saturated rings. The SMILES string of the molecule is C=CC(=O)N(CC)CC(=O)N(C)C(C)CN1CCOCC1. The van der Waals surface area contributed by atoms with Crippen LogP contribution in [0.15, 0.2) is 12.7 Å². The van der Waals surface area contributed by atoms with E-state index >= 15 is 0 Å². The van der Waals surface area contributed by atoms with Crippen molar-refractivity contribution in [1.82, 2.24) is 14.7 Å². The first-order chi connectivity index (χ1) is 9.99. The molecule has 0 spiro atoms. The van der Waals surface area contributed by atoms with Crippen molar-refractivity contribution in [3.63, 3.8) is 0 Å². The fourth-order valence-corrected chi connectivity index (χ4v) is 2.28. The van der Waals surface area contributed by atoms with Crippen LogP contribution in [0.2, 0.25) is 0 Å². The van der Waals surface area contributed by atoms with Crippen molar-refractivity contribution in [2.75, 3.05) is 53.0 Å². The zero-order valence-electron chi connectivity index (χ0n) is 13.4. The van der Waals surface area contributed by atoms with Crippen LogP contribution in [-0.2, 0) is 14.3 Å². The standard InChI is InChI=1S/C15H27N3O3/c1-5-14(19)18(6-2)12-15(20)16(4)13(3)11-17-7-9-21-10-8-17/h5,13H,1,6-12H2,2-4H3. The quantitative estimate of drug-likeness (QED) is 0.630. The number of hydrogen-bond donors (Lipinski definition) is 0. The highest BCUT2D eigenvalue weighted by molar-refractivity contribution is 5.90. The number of likely N-dealkylation sites (N-methyl/N-ethyl adjacent to an activating group) is 2. The Morgan fingerprint density at radius 1 is 1.38 bits per heavy atom.